The summed E-state index contributed by atoms with van der Waals surface area (Å²) in [6.07, 6.45) is 2.66. The van der Waals surface area contributed by atoms with E-state index >= 15 is 0 Å². The highest BCUT2D eigenvalue weighted by molar-refractivity contribution is 5.89. The smallest absolute Gasteiger partial charge is 0.321 e. The molecule has 4 rings (SSSR count). The molecule has 0 bridgehead atoms. The largest absolute Gasteiger partial charge is 0.383 e. The third-order valence-electron chi connectivity index (χ3n) is 7.59. The summed E-state index contributed by atoms with van der Waals surface area (Å²) in [6.45, 7) is 7.51. The van der Waals surface area contributed by atoms with E-state index in [0.717, 1.165) is 51.1 Å². The summed E-state index contributed by atoms with van der Waals surface area (Å²) in [6, 6.07) is 7.82. The van der Waals surface area contributed by atoms with Crippen molar-refractivity contribution in [3.8, 4) is 0 Å². The molecule has 3 aliphatic heterocycles. The zero-order valence-electron chi connectivity index (χ0n) is 18.4. The Bertz CT molecular complexity index is 788. The summed E-state index contributed by atoms with van der Waals surface area (Å²) in [5.41, 5.74) is 1.63. The fraction of sp³-hybridized carbons (Fsp3) is 0.652. The molecule has 0 saturated carbocycles. The molecule has 1 aromatic carbocycles. The van der Waals surface area contributed by atoms with Gasteiger partial charge in [-0.05, 0) is 38.3 Å². The maximum atomic E-state index is 13.3. The minimum atomic E-state index is -0.311. The number of nitrogens with zero attached hydrogens (tertiary/aromatic N) is 3. The number of hydrogen-bond acceptors (Lipinski definition) is 4. The van der Waals surface area contributed by atoms with Gasteiger partial charge < -0.3 is 19.9 Å². The Hall–Kier alpha value is -2.12. The molecule has 1 unspecified atom stereocenters. The number of rotatable bonds is 4. The van der Waals surface area contributed by atoms with Crippen LogP contribution < -0.4 is 5.32 Å². The zero-order valence-corrected chi connectivity index (χ0v) is 18.4. The minimum Gasteiger partial charge on any atom is -0.383 e. The van der Waals surface area contributed by atoms with Gasteiger partial charge in [-0.15, -0.1) is 0 Å². The molecule has 7 nitrogen and oxygen atoms in total. The molecule has 3 amide bonds. The van der Waals surface area contributed by atoms with Crippen LogP contribution in [0.2, 0.25) is 0 Å². The summed E-state index contributed by atoms with van der Waals surface area (Å²) in [4.78, 5) is 32.3. The molecule has 3 aliphatic rings. The van der Waals surface area contributed by atoms with Crippen molar-refractivity contribution in [1.82, 2.24) is 14.7 Å². The normalized spacial score (nSPS) is 26.2. The molecule has 0 aliphatic carbocycles. The lowest BCUT2D eigenvalue weighted by atomic mass is 9.60. The fourth-order valence-electron chi connectivity index (χ4n) is 5.75. The van der Waals surface area contributed by atoms with E-state index in [1.54, 1.807) is 7.11 Å². The van der Waals surface area contributed by atoms with Gasteiger partial charge in [0.15, 0.2) is 0 Å². The lowest BCUT2D eigenvalue weighted by Gasteiger charge is -2.46. The number of aryl methyl sites for hydroxylation is 1. The predicted molar refractivity (Wildman–Crippen MR) is 116 cm³/mol. The number of methoxy groups -OCH3 is 1. The van der Waals surface area contributed by atoms with Crippen LogP contribution in [0.15, 0.2) is 24.3 Å². The number of likely N-dealkylation sites (tertiary alicyclic amines) is 3. The highest BCUT2D eigenvalue weighted by Crippen LogP contribution is 2.57. The quantitative estimate of drug-likeness (QED) is 0.822. The van der Waals surface area contributed by atoms with Crippen molar-refractivity contribution in [1.29, 1.82) is 0 Å². The molecule has 3 fully saturated rings. The summed E-state index contributed by atoms with van der Waals surface area (Å²) >= 11 is 0. The average molecular weight is 415 g/mol. The Morgan fingerprint density at radius 2 is 1.80 bits per heavy atom. The molecular formula is C23H34N4O3. The first-order chi connectivity index (χ1) is 14.4. The summed E-state index contributed by atoms with van der Waals surface area (Å²) < 4.78 is 5.29. The standard InChI is InChI=1S/C23H34N4O3/c1-18-4-6-19(7-5-18)24-21(29)27-12-8-22(9-13-27)16-26(14-15-30-3)17-23(22)10-11-25(2)20(23)28/h4-7H,8-17H2,1-3H3,(H,24,29). The van der Waals surface area contributed by atoms with Crippen molar-refractivity contribution in [2.75, 3.05) is 65.3 Å². The number of nitrogens with one attached hydrogen (secondary N) is 1. The molecule has 1 aromatic rings. The number of anilines is 1. The van der Waals surface area contributed by atoms with E-state index in [4.69, 9.17) is 4.74 Å². The van der Waals surface area contributed by atoms with E-state index in [1.165, 1.54) is 5.56 Å². The number of carbonyl (C=O) groups excluding carboxylic acids is 2. The summed E-state index contributed by atoms with van der Waals surface area (Å²) in [5, 5.41) is 3.02. The van der Waals surface area contributed by atoms with Crippen LogP contribution in [0, 0.1) is 17.8 Å². The number of carbonyl (C=O) groups is 2. The number of ether oxygens (including phenoxy) is 1. The van der Waals surface area contributed by atoms with Gasteiger partial charge >= 0.3 is 6.03 Å². The van der Waals surface area contributed by atoms with Crippen molar-refractivity contribution < 1.29 is 14.3 Å². The second-order valence-corrected chi connectivity index (χ2v) is 9.33. The van der Waals surface area contributed by atoms with Crippen molar-refractivity contribution in [2.45, 2.75) is 26.2 Å². The first kappa shape index (κ1) is 21.1. The topological polar surface area (TPSA) is 65.1 Å². The van der Waals surface area contributed by atoms with Gasteiger partial charge in [0.2, 0.25) is 5.91 Å². The van der Waals surface area contributed by atoms with E-state index in [1.807, 2.05) is 48.0 Å². The minimum absolute atomic E-state index is 0.0492. The highest BCUT2D eigenvalue weighted by Gasteiger charge is 2.64. The number of amides is 3. The first-order valence-electron chi connectivity index (χ1n) is 11.0. The van der Waals surface area contributed by atoms with Gasteiger partial charge in [-0.3, -0.25) is 9.69 Å². The maximum Gasteiger partial charge on any atom is 0.321 e. The number of urea groups is 1. The molecule has 2 spiro atoms. The Balaban J connectivity index is 1.46. The highest BCUT2D eigenvalue weighted by atomic mass is 16.5. The van der Waals surface area contributed by atoms with Gasteiger partial charge in [-0.1, -0.05) is 17.7 Å². The van der Waals surface area contributed by atoms with E-state index in [9.17, 15) is 9.59 Å². The molecular weight excluding hydrogens is 380 g/mol. The molecule has 1 N–H and O–H groups in total. The Kier molecular flexibility index (Phi) is 5.77. The Morgan fingerprint density at radius 3 is 2.40 bits per heavy atom. The van der Waals surface area contributed by atoms with Crippen molar-refractivity contribution in [3.05, 3.63) is 29.8 Å². The second-order valence-electron chi connectivity index (χ2n) is 9.33. The van der Waals surface area contributed by atoms with Gasteiger partial charge in [0.25, 0.3) is 0 Å². The number of hydrogen-bond donors (Lipinski definition) is 1. The lowest BCUT2D eigenvalue weighted by molar-refractivity contribution is -0.141. The number of fused-ring (bicyclic) bond motifs is 1. The van der Waals surface area contributed by atoms with Gasteiger partial charge in [0.1, 0.15) is 0 Å². The van der Waals surface area contributed by atoms with Crippen LogP contribution >= 0.6 is 0 Å². The van der Waals surface area contributed by atoms with Gasteiger partial charge in [-0.2, -0.15) is 0 Å². The van der Waals surface area contributed by atoms with E-state index in [2.05, 4.69) is 10.2 Å². The molecule has 3 heterocycles. The van der Waals surface area contributed by atoms with Crippen LogP contribution in [0.5, 0.6) is 0 Å². The summed E-state index contributed by atoms with van der Waals surface area (Å²) in [7, 11) is 3.65. The molecule has 0 aromatic heterocycles. The SMILES string of the molecule is COCCN1CC2(CCN(C(=O)Nc3ccc(C)cc3)CC2)C2(CCN(C)C2=O)C1. The molecule has 7 heteroatoms. The van der Waals surface area contributed by atoms with Gasteiger partial charge in [-0.25, -0.2) is 4.79 Å². The predicted octanol–water partition coefficient (Wildman–Crippen LogP) is 2.42. The molecule has 30 heavy (non-hydrogen) atoms. The van der Waals surface area contributed by atoms with Crippen LogP contribution in [-0.4, -0.2) is 86.7 Å². The van der Waals surface area contributed by atoms with E-state index in [0.29, 0.717) is 25.6 Å². The molecule has 164 valence electrons. The third kappa shape index (κ3) is 3.58. The summed E-state index contributed by atoms with van der Waals surface area (Å²) in [5.74, 6) is 0.292. The number of benzene rings is 1. The van der Waals surface area contributed by atoms with Crippen LogP contribution in [0.3, 0.4) is 0 Å². The van der Waals surface area contributed by atoms with E-state index in [-0.39, 0.29) is 16.9 Å². The first-order valence-corrected chi connectivity index (χ1v) is 11.0. The second kappa shape index (κ2) is 8.19. The Morgan fingerprint density at radius 1 is 1.10 bits per heavy atom. The van der Waals surface area contributed by atoms with Crippen molar-refractivity contribution in [2.24, 2.45) is 10.8 Å². The van der Waals surface area contributed by atoms with Crippen molar-refractivity contribution in [3.63, 3.8) is 0 Å². The zero-order chi connectivity index (χ0) is 21.4. The van der Waals surface area contributed by atoms with Crippen LogP contribution in [-0.2, 0) is 9.53 Å². The van der Waals surface area contributed by atoms with Crippen LogP contribution in [0.4, 0.5) is 10.5 Å². The van der Waals surface area contributed by atoms with E-state index < -0.39 is 0 Å². The van der Waals surface area contributed by atoms with Crippen molar-refractivity contribution >= 4 is 17.6 Å². The third-order valence-corrected chi connectivity index (χ3v) is 7.59. The Labute approximate surface area is 179 Å². The average Bonchev–Trinajstić information content (AvgIpc) is 3.21. The molecule has 3 saturated heterocycles. The van der Waals surface area contributed by atoms with Crippen LogP contribution in [0.1, 0.15) is 24.8 Å². The monoisotopic (exact) mass is 414 g/mol. The van der Waals surface area contributed by atoms with Crippen LogP contribution in [0.25, 0.3) is 0 Å². The lowest BCUT2D eigenvalue weighted by Crippen LogP contribution is -2.54. The molecule has 0 radical (unpaired) electrons. The maximum absolute atomic E-state index is 13.3. The number of piperidine rings is 1. The molecule has 1 atom stereocenters. The fourth-order valence-corrected chi connectivity index (χ4v) is 5.75. The van der Waals surface area contributed by atoms with Gasteiger partial charge in [0.05, 0.1) is 12.0 Å². The van der Waals surface area contributed by atoms with Gasteiger partial charge in [0, 0.05) is 64.5 Å².